The summed E-state index contributed by atoms with van der Waals surface area (Å²) in [5, 5.41) is 17.0. The number of rotatable bonds is 5. The first-order valence-electron chi connectivity index (χ1n) is 7.35. The van der Waals surface area contributed by atoms with Gasteiger partial charge in [-0.3, -0.25) is 0 Å². The molecule has 112 valence electrons. The van der Waals surface area contributed by atoms with E-state index in [4.69, 9.17) is 0 Å². The molecule has 0 aliphatic heterocycles. The highest BCUT2D eigenvalue weighted by Crippen LogP contribution is 2.24. The third-order valence-corrected chi connectivity index (χ3v) is 4.73. The minimum Gasteiger partial charge on any atom is -0.393 e. The number of aliphatic hydroxyl groups is 1. The molecule has 2 atom stereocenters. The van der Waals surface area contributed by atoms with Crippen molar-refractivity contribution in [3.8, 4) is 0 Å². The van der Waals surface area contributed by atoms with Crippen molar-refractivity contribution < 1.29 is 9.90 Å². The first-order chi connectivity index (χ1) is 9.66. The van der Waals surface area contributed by atoms with Crippen LogP contribution in [0.2, 0.25) is 0 Å². The molecule has 1 aromatic heterocycles. The highest BCUT2D eigenvalue weighted by Gasteiger charge is 2.25. The molecule has 2 rings (SSSR count). The Morgan fingerprint density at radius 2 is 2.30 bits per heavy atom. The number of carbonyl (C=O) groups excluding carboxylic acids is 1. The van der Waals surface area contributed by atoms with Gasteiger partial charge in [-0.05, 0) is 41.7 Å². The predicted molar refractivity (Wildman–Crippen MR) is 82.0 cm³/mol. The van der Waals surface area contributed by atoms with Gasteiger partial charge in [0.1, 0.15) is 0 Å². The number of aliphatic hydroxyl groups excluding tert-OH is 1. The first kappa shape index (κ1) is 15.3. The van der Waals surface area contributed by atoms with Crippen LogP contribution in [-0.4, -0.2) is 42.3 Å². The van der Waals surface area contributed by atoms with Crippen LogP contribution in [0.15, 0.2) is 16.8 Å². The van der Waals surface area contributed by atoms with Gasteiger partial charge in [0.25, 0.3) is 0 Å². The number of hydrogen-bond donors (Lipinski definition) is 2. The lowest BCUT2D eigenvalue weighted by Crippen LogP contribution is -2.43. The van der Waals surface area contributed by atoms with Gasteiger partial charge in [0, 0.05) is 26.1 Å². The van der Waals surface area contributed by atoms with Crippen molar-refractivity contribution in [1.82, 2.24) is 10.2 Å². The van der Waals surface area contributed by atoms with E-state index in [1.807, 2.05) is 5.38 Å². The van der Waals surface area contributed by atoms with Gasteiger partial charge in [-0.15, -0.1) is 0 Å². The van der Waals surface area contributed by atoms with E-state index >= 15 is 0 Å². The van der Waals surface area contributed by atoms with Crippen LogP contribution in [0, 0.1) is 5.92 Å². The second kappa shape index (κ2) is 7.64. The maximum Gasteiger partial charge on any atom is 0.317 e. The fourth-order valence-electron chi connectivity index (χ4n) is 2.72. The molecule has 0 radical (unpaired) electrons. The van der Waals surface area contributed by atoms with E-state index in [1.165, 1.54) is 5.56 Å². The maximum atomic E-state index is 12.0. The summed E-state index contributed by atoms with van der Waals surface area (Å²) >= 11 is 1.68. The van der Waals surface area contributed by atoms with Crippen LogP contribution in [0.3, 0.4) is 0 Å². The van der Waals surface area contributed by atoms with Crippen LogP contribution in [-0.2, 0) is 6.42 Å². The Morgan fingerprint density at radius 1 is 1.50 bits per heavy atom. The average molecular weight is 296 g/mol. The Hall–Kier alpha value is -1.07. The van der Waals surface area contributed by atoms with Gasteiger partial charge in [0.15, 0.2) is 0 Å². The van der Waals surface area contributed by atoms with Crippen molar-refractivity contribution in [2.45, 2.75) is 38.2 Å². The molecule has 1 aromatic rings. The van der Waals surface area contributed by atoms with Crippen LogP contribution < -0.4 is 5.32 Å². The zero-order chi connectivity index (χ0) is 14.4. The van der Waals surface area contributed by atoms with E-state index in [2.05, 4.69) is 16.8 Å². The van der Waals surface area contributed by atoms with Crippen LogP contribution in [0.5, 0.6) is 0 Å². The van der Waals surface area contributed by atoms with Gasteiger partial charge in [0.05, 0.1) is 6.10 Å². The monoisotopic (exact) mass is 296 g/mol. The summed E-state index contributed by atoms with van der Waals surface area (Å²) < 4.78 is 0. The maximum absolute atomic E-state index is 12.0. The smallest absolute Gasteiger partial charge is 0.317 e. The normalized spacial score (nSPS) is 22.5. The lowest BCUT2D eigenvalue weighted by Gasteiger charge is -2.31. The predicted octanol–water partition coefficient (Wildman–Crippen LogP) is 2.48. The summed E-state index contributed by atoms with van der Waals surface area (Å²) in [4.78, 5) is 13.7. The Kier molecular flexibility index (Phi) is 5.86. The largest absolute Gasteiger partial charge is 0.393 e. The molecule has 1 fully saturated rings. The lowest BCUT2D eigenvalue weighted by molar-refractivity contribution is 0.0565. The number of nitrogens with one attached hydrogen (secondary N) is 1. The van der Waals surface area contributed by atoms with Crippen LogP contribution in [0.25, 0.3) is 0 Å². The quantitative estimate of drug-likeness (QED) is 0.877. The number of amides is 2. The molecule has 2 amide bonds. The molecule has 4 nitrogen and oxygen atoms in total. The topological polar surface area (TPSA) is 52.6 Å². The number of urea groups is 1. The zero-order valence-corrected chi connectivity index (χ0v) is 12.9. The first-order valence-corrected chi connectivity index (χ1v) is 8.29. The standard InChI is InChI=1S/C15H24N2O2S/c1-17(10-13-4-2-3-5-14(13)18)15(19)16-8-6-12-7-9-20-11-12/h7,9,11,13-14,18H,2-6,8,10H2,1H3,(H,16,19). The molecule has 2 unspecified atom stereocenters. The molecular formula is C15H24N2O2S. The molecule has 1 aliphatic rings. The number of carbonyl (C=O) groups is 1. The molecule has 1 saturated carbocycles. The van der Waals surface area contributed by atoms with Crippen molar-refractivity contribution in [2.75, 3.05) is 20.1 Å². The number of hydrogen-bond acceptors (Lipinski definition) is 3. The Morgan fingerprint density at radius 3 is 3.00 bits per heavy atom. The van der Waals surface area contributed by atoms with Crippen molar-refractivity contribution in [3.63, 3.8) is 0 Å². The zero-order valence-electron chi connectivity index (χ0n) is 12.0. The molecule has 1 aliphatic carbocycles. The van der Waals surface area contributed by atoms with Crippen LogP contribution in [0.4, 0.5) is 4.79 Å². The van der Waals surface area contributed by atoms with Crippen LogP contribution in [0.1, 0.15) is 31.2 Å². The van der Waals surface area contributed by atoms with E-state index in [9.17, 15) is 9.90 Å². The molecule has 20 heavy (non-hydrogen) atoms. The number of thiophene rings is 1. The molecule has 0 spiro atoms. The van der Waals surface area contributed by atoms with E-state index in [-0.39, 0.29) is 18.1 Å². The molecular weight excluding hydrogens is 272 g/mol. The Balaban J connectivity index is 1.68. The minimum atomic E-state index is -0.246. The molecule has 5 heteroatoms. The summed E-state index contributed by atoms with van der Waals surface area (Å²) in [7, 11) is 1.81. The second-order valence-corrected chi connectivity index (χ2v) is 6.39. The SMILES string of the molecule is CN(CC1CCCCC1O)C(=O)NCCc1ccsc1. The summed E-state index contributed by atoms with van der Waals surface area (Å²) in [6.45, 7) is 1.30. The second-order valence-electron chi connectivity index (χ2n) is 5.61. The summed E-state index contributed by atoms with van der Waals surface area (Å²) in [6, 6.07) is 2.04. The van der Waals surface area contributed by atoms with Crippen molar-refractivity contribution in [1.29, 1.82) is 0 Å². The van der Waals surface area contributed by atoms with Gasteiger partial charge in [0.2, 0.25) is 0 Å². The van der Waals surface area contributed by atoms with Crippen molar-refractivity contribution in [2.24, 2.45) is 5.92 Å². The Labute approximate surface area is 124 Å². The van der Waals surface area contributed by atoms with Gasteiger partial charge >= 0.3 is 6.03 Å². The molecule has 0 bridgehead atoms. The van der Waals surface area contributed by atoms with Crippen molar-refractivity contribution >= 4 is 17.4 Å². The minimum absolute atomic E-state index is 0.0435. The highest BCUT2D eigenvalue weighted by atomic mass is 32.1. The van der Waals surface area contributed by atoms with E-state index < -0.39 is 0 Å². The molecule has 0 saturated heterocycles. The summed E-state index contributed by atoms with van der Waals surface area (Å²) in [5.74, 6) is 0.233. The molecule has 2 N–H and O–H groups in total. The van der Waals surface area contributed by atoms with Gasteiger partial charge in [-0.25, -0.2) is 4.79 Å². The lowest BCUT2D eigenvalue weighted by atomic mass is 9.86. The van der Waals surface area contributed by atoms with Gasteiger partial charge in [-0.1, -0.05) is 12.8 Å². The van der Waals surface area contributed by atoms with E-state index in [0.29, 0.717) is 13.1 Å². The van der Waals surface area contributed by atoms with E-state index in [1.54, 1.807) is 23.3 Å². The molecule has 0 aromatic carbocycles. The van der Waals surface area contributed by atoms with Gasteiger partial charge < -0.3 is 15.3 Å². The fraction of sp³-hybridized carbons (Fsp3) is 0.667. The third-order valence-electron chi connectivity index (χ3n) is 3.99. The van der Waals surface area contributed by atoms with Crippen molar-refractivity contribution in [3.05, 3.63) is 22.4 Å². The Bertz CT molecular complexity index is 408. The molecule has 1 heterocycles. The van der Waals surface area contributed by atoms with Gasteiger partial charge in [-0.2, -0.15) is 11.3 Å². The number of nitrogens with zero attached hydrogens (tertiary/aromatic N) is 1. The van der Waals surface area contributed by atoms with E-state index in [0.717, 1.165) is 32.1 Å². The summed E-state index contributed by atoms with van der Waals surface area (Å²) in [5.41, 5.74) is 1.26. The highest BCUT2D eigenvalue weighted by molar-refractivity contribution is 7.07. The van der Waals surface area contributed by atoms with Crippen LogP contribution >= 0.6 is 11.3 Å². The summed E-state index contributed by atoms with van der Waals surface area (Å²) in [6.07, 6.45) is 4.79. The fourth-order valence-corrected chi connectivity index (χ4v) is 3.42. The third kappa shape index (κ3) is 4.49. The average Bonchev–Trinajstić information content (AvgIpc) is 2.94.